The van der Waals surface area contributed by atoms with Gasteiger partial charge in [-0.2, -0.15) is 0 Å². The van der Waals surface area contributed by atoms with E-state index in [0.29, 0.717) is 17.7 Å². The van der Waals surface area contributed by atoms with Gasteiger partial charge in [0.1, 0.15) is 0 Å². The summed E-state index contributed by atoms with van der Waals surface area (Å²) in [6.07, 6.45) is 1.96. The lowest BCUT2D eigenvalue weighted by atomic mass is 10.1. The van der Waals surface area contributed by atoms with Crippen LogP contribution in [0.5, 0.6) is 0 Å². The van der Waals surface area contributed by atoms with E-state index in [-0.39, 0.29) is 18.1 Å². The predicted molar refractivity (Wildman–Crippen MR) is 97.1 cm³/mol. The maximum atomic E-state index is 12.3. The quantitative estimate of drug-likeness (QED) is 0.626. The molecule has 0 saturated heterocycles. The fourth-order valence-electron chi connectivity index (χ4n) is 2.81. The van der Waals surface area contributed by atoms with Crippen LogP contribution >= 0.6 is 0 Å². The maximum absolute atomic E-state index is 12.3. The second kappa shape index (κ2) is 7.08. The number of carbonyl (C=O) groups is 1. The normalized spacial score (nSPS) is 11.6. The summed E-state index contributed by atoms with van der Waals surface area (Å²) in [7, 11) is -3.64. The fourth-order valence-corrected chi connectivity index (χ4v) is 3.53. The SMILES string of the molecule is NS(=O)(=O)Cc1ccccc1CC(=O)NCc1cccc2cc[nH]c12. The van der Waals surface area contributed by atoms with Crippen LogP contribution in [0, 0.1) is 0 Å². The highest BCUT2D eigenvalue weighted by Gasteiger charge is 2.12. The second-order valence-corrected chi connectivity index (χ2v) is 7.50. The number of carbonyl (C=O) groups excluding carboxylic acids is 1. The average Bonchev–Trinajstić information content (AvgIpc) is 3.02. The number of para-hydroxylation sites is 1. The first kappa shape index (κ1) is 17.2. The molecule has 1 amide bonds. The number of hydrogen-bond acceptors (Lipinski definition) is 3. The third-order valence-corrected chi connectivity index (χ3v) is 4.69. The third-order valence-electron chi connectivity index (χ3n) is 3.98. The highest BCUT2D eigenvalue weighted by Crippen LogP contribution is 2.17. The van der Waals surface area contributed by atoms with Crippen molar-refractivity contribution in [1.29, 1.82) is 0 Å². The number of nitrogens with one attached hydrogen (secondary N) is 2. The van der Waals surface area contributed by atoms with E-state index in [2.05, 4.69) is 10.3 Å². The topological polar surface area (TPSA) is 105 Å². The largest absolute Gasteiger partial charge is 0.361 e. The van der Waals surface area contributed by atoms with Crippen LogP contribution in [0.15, 0.2) is 54.7 Å². The highest BCUT2D eigenvalue weighted by atomic mass is 32.2. The first-order valence-electron chi connectivity index (χ1n) is 7.81. The summed E-state index contributed by atoms with van der Waals surface area (Å²) in [5, 5.41) is 9.08. The summed E-state index contributed by atoms with van der Waals surface area (Å²) in [5.41, 5.74) is 3.20. The van der Waals surface area contributed by atoms with E-state index in [1.54, 1.807) is 24.3 Å². The Labute approximate surface area is 146 Å². The summed E-state index contributed by atoms with van der Waals surface area (Å²) >= 11 is 0. The zero-order valence-corrected chi connectivity index (χ0v) is 14.3. The van der Waals surface area contributed by atoms with Gasteiger partial charge < -0.3 is 10.3 Å². The van der Waals surface area contributed by atoms with Gasteiger partial charge in [-0.15, -0.1) is 0 Å². The smallest absolute Gasteiger partial charge is 0.224 e. The molecule has 0 bridgehead atoms. The molecule has 0 fully saturated rings. The number of aromatic nitrogens is 1. The van der Waals surface area contributed by atoms with Crippen molar-refractivity contribution < 1.29 is 13.2 Å². The van der Waals surface area contributed by atoms with Crippen molar-refractivity contribution >= 4 is 26.8 Å². The molecule has 7 heteroatoms. The molecule has 3 aromatic rings. The minimum absolute atomic E-state index is 0.104. The van der Waals surface area contributed by atoms with Crippen LogP contribution in [0.4, 0.5) is 0 Å². The summed E-state index contributed by atoms with van der Waals surface area (Å²) < 4.78 is 22.6. The van der Waals surface area contributed by atoms with Crippen LogP contribution in [-0.4, -0.2) is 19.3 Å². The second-order valence-electron chi connectivity index (χ2n) is 5.89. The van der Waals surface area contributed by atoms with Crippen molar-refractivity contribution in [3.05, 3.63) is 71.4 Å². The number of hydrogen-bond donors (Lipinski definition) is 3. The van der Waals surface area contributed by atoms with E-state index in [1.807, 2.05) is 30.5 Å². The third kappa shape index (κ3) is 4.46. The zero-order chi connectivity index (χ0) is 17.9. The Bertz CT molecular complexity index is 1010. The number of benzene rings is 2. The lowest BCUT2D eigenvalue weighted by Crippen LogP contribution is -2.25. The number of nitrogens with two attached hydrogens (primary N) is 1. The van der Waals surface area contributed by atoms with Crippen LogP contribution < -0.4 is 10.5 Å². The van der Waals surface area contributed by atoms with Gasteiger partial charge in [-0.05, 0) is 28.1 Å². The van der Waals surface area contributed by atoms with Crippen LogP contribution in [0.3, 0.4) is 0 Å². The number of sulfonamides is 1. The molecule has 0 aliphatic rings. The lowest BCUT2D eigenvalue weighted by Gasteiger charge is -2.10. The Kier molecular flexibility index (Phi) is 4.87. The van der Waals surface area contributed by atoms with Gasteiger partial charge in [-0.25, -0.2) is 13.6 Å². The Balaban J connectivity index is 1.68. The summed E-state index contributed by atoms with van der Waals surface area (Å²) in [6.45, 7) is 0.397. The number of aromatic amines is 1. The number of rotatable bonds is 6. The van der Waals surface area contributed by atoms with Crippen LogP contribution in [0.1, 0.15) is 16.7 Å². The van der Waals surface area contributed by atoms with E-state index >= 15 is 0 Å². The van der Waals surface area contributed by atoms with Gasteiger partial charge in [0.05, 0.1) is 17.7 Å². The number of amides is 1. The molecule has 0 unspecified atom stereocenters. The molecule has 1 aromatic heterocycles. The van der Waals surface area contributed by atoms with E-state index in [0.717, 1.165) is 16.5 Å². The van der Waals surface area contributed by atoms with Crippen molar-refractivity contribution in [3.8, 4) is 0 Å². The van der Waals surface area contributed by atoms with Crippen molar-refractivity contribution in [2.45, 2.75) is 18.7 Å². The molecule has 0 aliphatic heterocycles. The fraction of sp³-hybridized carbons (Fsp3) is 0.167. The first-order chi connectivity index (χ1) is 11.9. The van der Waals surface area contributed by atoms with Gasteiger partial charge in [-0.3, -0.25) is 4.79 Å². The number of H-pyrrole nitrogens is 1. The van der Waals surface area contributed by atoms with Gasteiger partial charge in [-0.1, -0.05) is 42.5 Å². The molecule has 0 aliphatic carbocycles. The standard InChI is InChI=1S/C18H19N3O3S/c19-25(23,24)12-16-5-2-1-4-14(16)10-17(22)21-11-15-7-3-6-13-8-9-20-18(13)15/h1-9,20H,10-12H2,(H,21,22)(H2,19,23,24). The van der Waals surface area contributed by atoms with Crippen LogP contribution in [0.2, 0.25) is 0 Å². The molecule has 4 N–H and O–H groups in total. The van der Waals surface area contributed by atoms with Crippen LogP contribution in [-0.2, 0) is 33.5 Å². The van der Waals surface area contributed by atoms with E-state index in [4.69, 9.17) is 5.14 Å². The zero-order valence-electron chi connectivity index (χ0n) is 13.5. The molecule has 0 atom stereocenters. The van der Waals surface area contributed by atoms with Crippen molar-refractivity contribution in [1.82, 2.24) is 10.3 Å². The van der Waals surface area contributed by atoms with Crippen molar-refractivity contribution in [2.75, 3.05) is 0 Å². The molecule has 6 nitrogen and oxygen atoms in total. The Morgan fingerprint density at radius 3 is 2.48 bits per heavy atom. The minimum Gasteiger partial charge on any atom is -0.361 e. The molecule has 0 spiro atoms. The van der Waals surface area contributed by atoms with Gasteiger partial charge in [0.15, 0.2) is 0 Å². The Morgan fingerprint density at radius 1 is 1.00 bits per heavy atom. The summed E-state index contributed by atoms with van der Waals surface area (Å²) in [6, 6.07) is 14.8. The average molecular weight is 357 g/mol. The summed E-state index contributed by atoms with van der Waals surface area (Å²) in [5.74, 6) is -0.455. The highest BCUT2D eigenvalue weighted by molar-refractivity contribution is 7.88. The van der Waals surface area contributed by atoms with Gasteiger partial charge in [0, 0.05) is 12.7 Å². The van der Waals surface area contributed by atoms with E-state index < -0.39 is 10.0 Å². The Hall–Kier alpha value is -2.64. The molecule has 3 rings (SSSR count). The van der Waals surface area contributed by atoms with Gasteiger partial charge in [0.25, 0.3) is 0 Å². The van der Waals surface area contributed by atoms with E-state index in [1.165, 1.54) is 0 Å². The number of primary sulfonamides is 1. The maximum Gasteiger partial charge on any atom is 0.224 e. The Morgan fingerprint density at radius 2 is 1.72 bits per heavy atom. The minimum atomic E-state index is -3.64. The van der Waals surface area contributed by atoms with Crippen molar-refractivity contribution in [2.24, 2.45) is 5.14 Å². The monoisotopic (exact) mass is 357 g/mol. The van der Waals surface area contributed by atoms with Crippen molar-refractivity contribution in [3.63, 3.8) is 0 Å². The van der Waals surface area contributed by atoms with E-state index in [9.17, 15) is 13.2 Å². The first-order valence-corrected chi connectivity index (χ1v) is 9.53. The predicted octanol–water partition coefficient (Wildman–Crippen LogP) is 1.82. The molecule has 1 heterocycles. The number of fused-ring (bicyclic) bond motifs is 1. The molecule has 130 valence electrons. The molecule has 2 aromatic carbocycles. The molecular weight excluding hydrogens is 338 g/mol. The molecule has 0 saturated carbocycles. The molecule has 25 heavy (non-hydrogen) atoms. The van der Waals surface area contributed by atoms with Crippen LogP contribution in [0.25, 0.3) is 10.9 Å². The summed E-state index contributed by atoms with van der Waals surface area (Å²) in [4.78, 5) is 15.4. The van der Waals surface area contributed by atoms with Gasteiger partial charge in [0.2, 0.25) is 15.9 Å². The molecule has 0 radical (unpaired) electrons. The van der Waals surface area contributed by atoms with Gasteiger partial charge >= 0.3 is 0 Å². The molecular formula is C18H19N3O3S. The lowest BCUT2D eigenvalue weighted by molar-refractivity contribution is -0.120.